The highest BCUT2D eigenvalue weighted by atomic mass is 35.5. The van der Waals surface area contributed by atoms with Crippen LogP contribution in [0, 0.1) is 0 Å². The first kappa shape index (κ1) is 11.4. The van der Waals surface area contributed by atoms with E-state index in [1.54, 1.807) is 12.1 Å². The number of nitrogens with two attached hydrogens (primary N) is 2. The number of hydrogen-bond acceptors (Lipinski definition) is 6. The first-order chi connectivity index (χ1) is 8.10. The van der Waals surface area contributed by atoms with E-state index in [0.29, 0.717) is 22.2 Å². The molecule has 0 fully saturated rings. The zero-order valence-corrected chi connectivity index (χ0v) is 9.77. The van der Waals surface area contributed by atoms with Gasteiger partial charge in [-0.1, -0.05) is 11.6 Å². The van der Waals surface area contributed by atoms with Crippen molar-refractivity contribution in [2.24, 2.45) is 0 Å². The van der Waals surface area contributed by atoms with Gasteiger partial charge in [-0.05, 0) is 0 Å². The van der Waals surface area contributed by atoms with Gasteiger partial charge in [0.05, 0.1) is 24.0 Å². The van der Waals surface area contributed by atoms with Crippen LogP contribution in [0.4, 0.5) is 11.8 Å². The van der Waals surface area contributed by atoms with Gasteiger partial charge in [-0.25, -0.2) is 9.97 Å². The van der Waals surface area contributed by atoms with Gasteiger partial charge in [0, 0.05) is 17.7 Å². The van der Waals surface area contributed by atoms with Crippen molar-refractivity contribution in [1.29, 1.82) is 0 Å². The number of nitrogen functional groups attached to an aromatic ring is 2. The summed E-state index contributed by atoms with van der Waals surface area (Å²) in [4.78, 5) is 11.8. The molecule has 17 heavy (non-hydrogen) atoms. The molecule has 0 radical (unpaired) electrons. The molecule has 6 nitrogen and oxygen atoms in total. The van der Waals surface area contributed by atoms with Gasteiger partial charge in [-0.2, -0.15) is 4.98 Å². The lowest BCUT2D eigenvalue weighted by molar-refractivity contribution is 0.398. The van der Waals surface area contributed by atoms with Crippen molar-refractivity contribution in [3.63, 3.8) is 0 Å². The Labute approximate surface area is 103 Å². The molecule has 0 aliphatic carbocycles. The minimum atomic E-state index is 0.0897. The number of nitrogens with zero attached hydrogens (tertiary/aromatic N) is 3. The lowest BCUT2D eigenvalue weighted by Gasteiger charge is -2.06. The quantitative estimate of drug-likeness (QED) is 0.836. The maximum atomic E-state index is 6.03. The molecule has 0 unspecified atom stereocenters. The summed E-state index contributed by atoms with van der Waals surface area (Å²) in [5.74, 6) is 0.798. The smallest absolute Gasteiger partial charge is 0.222 e. The highest BCUT2D eigenvalue weighted by Gasteiger charge is 2.09. The number of aromatic nitrogens is 3. The number of pyridine rings is 1. The Balaban J connectivity index is 2.58. The third-order valence-electron chi connectivity index (χ3n) is 2.08. The third-order valence-corrected chi connectivity index (χ3v) is 2.38. The summed E-state index contributed by atoms with van der Waals surface area (Å²) in [5.41, 5.74) is 12.3. The fraction of sp³-hybridized carbons (Fsp3) is 0.100. The van der Waals surface area contributed by atoms with Crippen LogP contribution in [-0.2, 0) is 0 Å². The monoisotopic (exact) mass is 251 g/mol. The Morgan fingerprint density at radius 1 is 1.24 bits per heavy atom. The second-order valence-corrected chi connectivity index (χ2v) is 3.65. The Morgan fingerprint density at radius 3 is 2.65 bits per heavy atom. The van der Waals surface area contributed by atoms with Gasteiger partial charge in [0.1, 0.15) is 5.82 Å². The van der Waals surface area contributed by atoms with E-state index in [4.69, 9.17) is 27.8 Å². The summed E-state index contributed by atoms with van der Waals surface area (Å²) < 4.78 is 5.02. The molecular formula is C10H10ClN5O. The van der Waals surface area contributed by atoms with Crippen molar-refractivity contribution in [3.8, 4) is 17.1 Å². The van der Waals surface area contributed by atoms with E-state index in [9.17, 15) is 0 Å². The predicted octanol–water partition coefficient (Wildman–Crippen LogP) is 1.36. The standard InChI is InChI=1S/C10H10ClN5O/c1-17-9-2-5(6(11)4-14-9)7-3-8(12)16-10(13)15-7/h2-4H,1H3,(H4,12,13,15,16). The van der Waals surface area contributed by atoms with E-state index in [-0.39, 0.29) is 11.8 Å². The summed E-state index contributed by atoms with van der Waals surface area (Å²) >= 11 is 6.03. The van der Waals surface area contributed by atoms with Gasteiger partial charge in [0.2, 0.25) is 11.8 Å². The average Bonchev–Trinajstić information content (AvgIpc) is 2.28. The Bertz CT molecular complexity index is 540. The molecule has 0 aliphatic heterocycles. The predicted molar refractivity (Wildman–Crippen MR) is 65.6 cm³/mol. The summed E-state index contributed by atoms with van der Waals surface area (Å²) in [6, 6.07) is 3.24. The van der Waals surface area contributed by atoms with E-state index in [0.717, 1.165) is 0 Å². The average molecular weight is 252 g/mol. The van der Waals surface area contributed by atoms with Gasteiger partial charge < -0.3 is 16.2 Å². The van der Waals surface area contributed by atoms with Crippen LogP contribution in [0.2, 0.25) is 5.02 Å². The zero-order valence-electron chi connectivity index (χ0n) is 9.01. The van der Waals surface area contributed by atoms with Crippen LogP contribution in [0.25, 0.3) is 11.3 Å². The first-order valence-electron chi connectivity index (χ1n) is 4.70. The van der Waals surface area contributed by atoms with Gasteiger partial charge in [-0.3, -0.25) is 0 Å². The van der Waals surface area contributed by atoms with Crippen LogP contribution in [0.1, 0.15) is 0 Å². The van der Waals surface area contributed by atoms with Crippen molar-refractivity contribution in [2.75, 3.05) is 18.6 Å². The molecule has 0 bridgehead atoms. The van der Waals surface area contributed by atoms with Crippen LogP contribution in [0.3, 0.4) is 0 Å². The van der Waals surface area contributed by atoms with E-state index in [2.05, 4.69) is 15.0 Å². The van der Waals surface area contributed by atoms with Crippen molar-refractivity contribution in [1.82, 2.24) is 15.0 Å². The molecular weight excluding hydrogens is 242 g/mol. The summed E-state index contributed by atoms with van der Waals surface area (Å²) in [7, 11) is 1.52. The van der Waals surface area contributed by atoms with Crippen LogP contribution >= 0.6 is 11.6 Å². The number of halogens is 1. The van der Waals surface area contributed by atoms with Gasteiger partial charge in [0.15, 0.2) is 0 Å². The van der Waals surface area contributed by atoms with E-state index < -0.39 is 0 Å². The number of anilines is 2. The summed E-state index contributed by atoms with van der Waals surface area (Å²) in [6.45, 7) is 0. The number of methoxy groups -OCH3 is 1. The minimum absolute atomic E-state index is 0.0897. The largest absolute Gasteiger partial charge is 0.481 e. The van der Waals surface area contributed by atoms with E-state index >= 15 is 0 Å². The van der Waals surface area contributed by atoms with Crippen LogP contribution < -0.4 is 16.2 Å². The topological polar surface area (TPSA) is 99.9 Å². The molecule has 0 aliphatic rings. The van der Waals surface area contributed by atoms with Crippen LogP contribution in [-0.4, -0.2) is 22.1 Å². The molecule has 0 amide bonds. The number of hydrogen-bond donors (Lipinski definition) is 2. The summed E-state index contributed by atoms with van der Waals surface area (Å²) in [5, 5.41) is 0.434. The number of ether oxygens (including phenoxy) is 1. The van der Waals surface area contributed by atoms with Crippen molar-refractivity contribution < 1.29 is 4.74 Å². The Kier molecular flexibility index (Phi) is 2.97. The molecule has 2 heterocycles. The lowest BCUT2D eigenvalue weighted by Crippen LogP contribution is -2.01. The molecule has 2 aromatic heterocycles. The second-order valence-electron chi connectivity index (χ2n) is 3.24. The van der Waals surface area contributed by atoms with Crippen molar-refractivity contribution in [3.05, 3.63) is 23.4 Å². The maximum Gasteiger partial charge on any atom is 0.222 e. The van der Waals surface area contributed by atoms with E-state index in [1.807, 2.05) is 0 Å². The molecule has 0 saturated carbocycles. The molecule has 0 aromatic carbocycles. The van der Waals surface area contributed by atoms with E-state index in [1.165, 1.54) is 13.3 Å². The van der Waals surface area contributed by atoms with Crippen molar-refractivity contribution in [2.45, 2.75) is 0 Å². The van der Waals surface area contributed by atoms with Crippen LogP contribution in [0.15, 0.2) is 18.3 Å². The molecule has 4 N–H and O–H groups in total. The van der Waals surface area contributed by atoms with Crippen molar-refractivity contribution >= 4 is 23.4 Å². The molecule has 0 atom stereocenters. The highest BCUT2D eigenvalue weighted by molar-refractivity contribution is 6.33. The third kappa shape index (κ3) is 2.36. The molecule has 0 spiro atoms. The summed E-state index contributed by atoms with van der Waals surface area (Å²) in [6.07, 6.45) is 1.48. The Hall–Kier alpha value is -2.08. The molecule has 2 aromatic rings. The second kappa shape index (κ2) is 4.42. The molecule has 2 rings (SSSR count). The van der Waals surface area contributed by atoms with Crippen LogP contribution in [0.5, 0.6) is 5.88 Å². The van der Waals surface area contributed by atoms with Gasteiger partial charge >= 0.3 is 0 Å². The maximum absolute atomic E-state index is 6.03. The van der Waals surface area contributed by atoms with Gasteiger partial charge in [-0.15, -0.1) is 0 Å². The normalized spacial score (nSPS) is 10.2. The molecule has 88 valence electrons. The first-order valence-corrected chi connectivity index (χ1v) is 5.08. The highest BCUT2D eigenvalue weighted by Crippen LogP contribution is 2.29. The van der Waals surface area contributed by atoms with Gasteiger partial charge in [0.25, 0.3) is 0 Å². The number of rotatable bonds is 2. The zero-order chi connectivity index (χ0) is 12.4. The SMILES string of the molecule is COc1cc(-c2cc(N)nc(N)n2)c(Cl)cn1. The fourth-order valence-corrected chi connectivity index (χ4v) is 1.55. The molecule has 7 heteroatoms. The lowest BCUT2D eigenvalue weighted by atomic mass is 10.2. The Morgan fingerprint density at radius 2 is 2.00 bits per heavy atom. The fourth-order valence-electron chi connectivity index (χ4n) is 1.35. The molecule has 0 saturated heterocycles. The minimum Gasteiger partial charge on any atom is -0.481 e.